The van der Waals surface area contributed by atoms with E-state index in [2.05, 4.69) is 24.8 Å². The summed E-state index contributed by atoms with van der Waals surface area (Å²) in [7, 11) is 1.65. The van der Waals surface area contributed by atoms with Gasteiger partial charge in [-0.15, -0.1) is 0 Å². The summed E-state index contributed by atoms with van der Waals surface area (Å²) in [6.45, 7) is 7.72. The van der Waals surface area contributed by atoms with Gasteiger partial charge >= 0.3 is 5.69 Å². The number of hydrogen-bond acceptors (Lipinski definition) is 6. The van der Waals surface area contributed by atoms with E-state index in [0.717, 1.165) is 53.2 Å². The summed E-state index contributed by atoms with van der Waals surface area (Å²) < 4.78 is 14.2. The lowest BCUT2D eigenvalue weighted by molar-refractivity contribution is 0.122. The third-order valence-corrected chi connectivity index (χ3v) is 6.04. The molecular weight excluding hydrogens is 418 g/mol. The third-order valence-electron chi connectivity index (χ3n) is 6.04. The zero-order valence-corrected chi connectivity index (χ0v) is 19.3. The molecule has 8 heteroatoms. The Labute approximate surface area is 192 Å². The topological polar surface area (TPSA) is 73.9 Å². The quantitative estimate of drug-likeness (QED) is 0.452. The van der Waals surface area contributed by atoms with E-state index in [1.807, 2.05) is 36.7 Å². The smallest absolute Gasteiger partial charge is 0.334 e. The summed E-state index contributed by atoms with van der Waals surface area (Å²) in [4.78, 5) is 25.5. The molecule has 33 heavy (non-hydrogen) atoms. The second kappa shape index (κ2) is 8.86. The van der Waals surface area contributed by atoms with Crippen molar-refractivity contribution < 1.29 is 9.47 Å². The van der Waals surface area contributed by atoms with Crippen LogP contribution in [0.2, 0.25) is 0 Å². The van der Waals surface area contributed by atoms with Gasteiger partial charge in [-0.2, -0.15) is 0 Å². The first-order valence-corrected chi connectivity index (χ1v) is 11.4. The van der Waals surface area contributed by atoms with Crippen molar-refractivity contribution in [3.05, 3.63) is 64.5 Å². The second-order valence-electron chi connectivity index (χ2n) is 8.90. The van der Waals surface area contributed by atoms with Crippen molar-refractivity contribution in [3.63, 3.8) is 0 Å². The first-order chi connectivity index (χ1) is 16.0. The maximum absolute atomic E-state index is 13.7. The second-order valence-corrected chi connectivity index (χ2v) is 8.90. The van der Waals surface area contributed by atoms with E-state index < -0.39 is 0 Å². The Morgan fingerprint density at radius 3 is 2.61 bits per heavy atom. The molecule has 5 rings (SSSR count). The number of methoxy groups -OCH3 is 1. The van der Waals surface area contributed by atoms with Gasteiger partial charge in [-0.3, -0.25) is 4.57 Å². The zero-order valence-electron chi connectivity index (χ0n) is 19.3. The molecule has 1 aromatic carbocycles. The van der Waals surface area contributed by atoms with Gasteiger partial charge in [0.25, 0.3) is 0 Å². The highest BCUT2D eigenvalue weighted by Gasteiger charge is 2.18. The Morgan fingerprint density at radius 2 is 1.91 bits per heavy atom. The van der Waals surface area contributed by atoms with Crippen LogP contribution < -0.4 is 15.3 Å². The maximum atomic E-state index is 13.7. The number of fused-ring (bicyclic) bond motifs is 3. The Kier molecular flexibility index (Phi) is 5.76. The fourth-order valence-corrected chi connectivity index (χ4v) is 4.37. The predicted molar refractivity (Wildman–Crippen MR) is 128 cm³/mol. The molecule has 0 N–H and O–H groups in total. The van der Waals surface area contributed by atoms with Crippen LogP contribution in [-0.2, 0) is 17.7 Å². The van der Waals surface area contributed by atoms with Crippen LogP contribution in [0.1, 0.15) is 25.1 Å². The molecule has 0 spiro atoms. The molecule has 0 aliphatic carbocycles. The van der Waals surface area contributed by atoms with E-state index in [1.54, 1.807) is 16.1 Å². The van der Waals surface area contributed by atoms with Gasteiger partial charge in [-0.05, 0) is 36.1 Å². The largest absolute Gasteiger partial charge is 0.497 e. The Morgan fingerprint density at radius 1 is 1.15 bits per heavy atom. The van der Waals surface area contributed by atoms with Crippen molar-refractivity contribution in [2.75, 3.05) is 38.3 Å². The number of anilines is 1. The van der Waals surface area contributed by atoms with Crippen LogP contribution in [0.4, 0.5) is 5.69 Å². The van der Waals surface area contributed by atoms with Crippen LogP contribution in [0.3, 0.4) is 0 Å². The van der Waals surface area contributed by atoms with E-state index >= 15 is 0 Å². The first kappa shape index (κ1) is 21.5. The molecule has 0 unspecified atom stereocenters. The number of morpholine rings is 1. The summed E-state index contributed by atoms with van der Waals surface area (Å²) in [5.41, 5.74) is 4.93. The van der Waals surface area contributed by atoms with Crippen LogP contribution in [0.25, 0.3) is 16.7 Å². The number of nitrogens with zero attached hydrogens (tertiary/aromatic N) is 5. The van der Waals surface area contributed by atoms with Gasteiger partial charge in [0.15, 0.2) is 5.65 Å². The number of ether oxygens (including phenoxy) is 2. The molecule has 0 radical (unpaired) electrons. The van der Waals surface area contributed by atoms with Crippen molar-refractivity contribution in [1.29, 1.82) is 0 Å². The highest BCUT2D eigenvalue weighted by molar-refractivity contribution is 5.89. The predicted octanol–water partition coefficient (Wildman–Crippen LogP) is 3.14. The van der Waals surface area contributed by atoms with Gasteiger partial charge in [-0.25, -0.2) is 19.2 Å². The van der Waals surface area contributed by atoms with E-state index in [4.69, 9.17) is 19.4 Å². The molecule has 0 bridgehead atoms. The summed E-state index contributed by atoms with van der Waals surface area (Å²) >= 11 is 0. The van der Waals surface area contributed by atoms with Crippen LogP contribution in [-0.4, -0.2) is 52.3 Å². The summed E-state index contributed by atoms with van der Waals surface area (Å²) in [5, 5.41) is 0. The lowest BCUT2D eigenvalue weighted by Gasteiger charge is -2.28. The molecule has 1 aliphatic rings. The minimum atomic E-state index is -0.114. The molecule has 3 aromatic heterocycles. The third kappa shape index (κ3) is 4.18. The van der Waals surface area contributed by atoms with Crippen molar-refractivity contribution in [1.82, 2.24) is 18.9 Å². The number of benzene rings is 1. The van der Waals surface area contributed by atoms with Crippen molar-refractivity contribution in [2.45, 2.75) is 26.8 Å². The molecule has 0 amide bonds. The molecule has 1 saturated heterocycles. The number of hydrogen-bond donors (Lipinski definition) is 0. The zero-order chi connectivity index (χ0) is 22.9. The van der Waals surface area contributed by atoms with Crippen molar-refractivity contribution >= 4 is 22.4 Å². The summed E-state index contributed by atoms with van der Waals surface area (Å²) in [6.07, 6.45) is 4.55. The van der Waals surface area contributed by atoms with E-state index in [0.29, 0.717) is 31.3 Å². The molecule has 4 heterocycles. The number of rotatable bonds is 6. The number of pyridine rings is 1. The van der Waals surface area contributed by atoms with E-state index in [1.165, 1.54) is 0 Å². The molecule has 1 fully saturated rings. The van der Waals surface area contributed by atoms with E-state index in [9.17, 15) is 4.79 Å². The Hall–Kier alpha value is -3.39. The van der Waals surface area contributed by atoms with Gasteiger partial charge in [0.05, 0.1) is 50.0 Å². The van der Waals surface area contributed by atoms with Gasteiger partial charge in [0, 0.05) is 19.3 Å². The maximum Gasteiger partial charge on any atom is 0.334 e. The van der Waals surface area contributed by atoms with Crippen LogP contribution >= 0.6 is 0 Å². The first-order valence-electron chi connectivity index (χ1n) is 11.4. The molecule has 0 saturated carbocycles. The number of aromatic nitrogens is 4. The Bertz CT molecular complexity index is 1330. The molecule has 172 valence electrons. The number of imidazole rings is 1. The highest BCUT2D eigenvalue weighted by atomic mass is 16.5. The molecular formula is C25H29N5O3. The van der Waals surface area contributed by atoms with Gasteiger partial charge in [0.1, 0.15) is 11.3 Å². The van der Waals surface area contributed by atoms with Crippen LogP contribution in [0.5, 0.6) is 5.75 Å². The molecule has 0 atom stereocenters. The summed E-state index contributed by atoms with van der Waals surface area (Å²) in [6, 6.07) is 9.86. The lowest BCUT2D eigenvalue weighted by Crippen LogP contribution is -2.36. The minimum absolute atomic E-state index is 0.114. The fraction of sp³-hybridized carbons (Fsp3) is 0.400. The van der Waals surface area contributed by atoms with Gasteiger partial charge in [-0.1, -0.05) is 26.0 Å². The monoisotopic (exact) mass is 447 g/mol. The lowest BCUT2D eigenvalue weighted by atomic mass is 10.1. The highest BCUT2D eigenvalue weighted by Crippen LogP contribution is 2.24. The summed E-state index contributed by atoms with van der Waals surface area (Å²) in [5.74, 6) is 1.24. The minimum Gasteiger partial charge on any atom is -0.497 e. The van der Waals surface area contributed by atoms with Gasteiger partial charge in [0.2, 0.25) is 0 Å². The molecule has 1 aliphatic heterocycles. The van der Waals surface area contributed by atoms with E-state index in [-0.39, 0.29) is 5.69 Å². The molecule has 8 nitrogen and oxygen atoms in total. The van der Waals surface area contributed by atoms with Crippen molar-refractivity contribution in [3.8, 4) is 5.75 Å². The SMILES string of the molecule is COc1ccc(Cn2c(=O)n3cc(CC(C)C)nc3c3ncc(N4CCOCC4)cc32)cc1. The van der Waals surface area contributed by atoms with Crippen molar-refractivity contribution in [2.24, 2.45) is 5.92 Å². The fourth-order valence-electron chi connectivity index (χ4n) is 4.37. The van der Waals surface area contributed by atoms with Crippen LogP contribution in [0.15, 0.2) is 47.5 Å². The van der Waals surface area contributed by atoms with Crippen LogP contribution in [0, 0.1) is 5.92 Å². The molecule has 4 aromatic rings. The normalized spacial score (nSPS) is 14.5. The Balaban J connectivity index is 1.68. The standard InChI is InChI=1S/C25H29N5O3/c1-17(2)12-19-16-30-24(27-19)23-22(13-20(14-26-23)28-8-10-33-11-9-28)29(25(30)31)15-18-4-6-21(32-3)7-5-18/h4-7,13-14,16-17H,8-12,15H2,1-3H3. The average molecular weight is 448 g/mol. The average Bonchev–Trinajstić information content (AvgIpc) is 3.26. The van der Waals surface area contributed by atoms with Gasteiger partial charge < -0.3 is 14.4 Å².